The molecule has 1 heterocycles. The van der Waals surface area contributed by atoms with Crippen molar-refractivity contribution in [3.63, 3.8) is 0 Å². The van der Waals surface area contributed by atoms with Crippen molar-refractivity contribution in [2.75, 3.05) is 20.1 Å². The molecule has 0 bridgehead atoms. The molecule has 2 heteroatoms. The highest BCUT2D eigenvalue weighted by atomic mass is 15.2. The van der Waals surface area contributed by atoms with Gasteiger partial charge in [-0.05, 0) is 65.1 Å². The first-order chi connectivity index (χ1) is 10.0. The van der Waals surface area contributed by atoms with Crippen LogP contribution >= 0.6 is 0 Å². The van der Waals surface area contributed by atoms with Crippen LogP contribution in [0, 0.1) is 19.8 Å². The maximum absolute atomic E-state index is 3.51. The summed E-state index contributed by atoms with van der Waals surface area (Å²) >= 11 is 0. The summed E-state index contributed by atoms with van der Waals surface area (Å²) in [7, 11) is 2.09. The Balaban J connectivity index is 1.99. The minimum atomic E-state index is 0.466. The van der Waals surface area contributed by atoms with E-state index in [9.17, 15) is 0 Å². The average molecular weight is 288 g/mol. The number of piperidine rings is 1. The topological polar surface area (TPSA) is 15.3 Å². The fourth-order valence-corrected chi connectivity index (χ4v) is 3.72. The standard InChI is InChI=1S/C19H32N2/c1-14-11-15(2)13-18(12-14)19(20-5)8-10-21-9-6-7-16(3)17(21)4/h11-13,16-17,19-20H,6-10H2,1-5H3. The van der Waals surface area contributed by atoms with E-state index in [0.717, 1.165) is 12.0 Å². The third kappa shape index (κ3) is 4.31. The third-order valence-corrected chi connectivity index (χ3v) is 5.20. The van der Waals surface area contributed by atoms with Crippen molar-refractivity contribution >= 4 is 0 Å². The van der Waals surface area contributed by atoms with E-state index >= 15 is 0 Å². The first-order valence-electron chi connectivity index (χ1n) is 8.50. The van der Waals surface area contributed by atoms with Gasteiger partial charge in [0.1, 0.15) is 0 Å². The van der Waals surface area contributed by atoms with Gasteiger partial charge in [-0.2, -0.15) is 0 Å². The van der Waals surface area contributed by atoms with Gasteiger partial charge >= 0.3 is 0 Å². The number of hydrogen-bond donors (Lipinski definition) is 1. The molecule has 1 aromatic carbocycles. The molecule has 0 aliphatic carbocycles. The molecule has 1 saturated heterocycles. The number of nitrogens with zero attached hydrogens (tertiary/aromatic N) is 1. The van der Waals surface area contributed by atoms with Gasteiger partial charge in [0.2, 0.25) is 0 Å². The van der Waals surface area contributed by atoms with E-state index in [1.54, 1.807) is 0 Å². The van der Waals surface area contributed by atoms with Gasteiger partial charge in [-0.15, -0.1) is 0 Å². The van der Waals surface area contributed by atoms with E-state index in [4.69, 9.17) is 0 Å². The molecule has 21 heavy (non-hydrogen) atoms. The van der Waals surface area contributed by atoms with Crippen LogP contribution in [0.5, 0.6) is 0 Å². The van der Waals surface area contributed by atoms with Crippen molar-refractivity contribution in [2.45, 2.75) is 59.0 Å². The Labute approximate surface area is 130 Å². The summed E-state index contributed by atoms with van der Waals surface area (Å²) in [6, 6.07) is 8.11. The van der Waals surface area contributed by atoms with Gasteiger partial charge in [-0.1, -0.05) is 36.2 Å². The molecule has 2 rings (SSSR count). The summed E-state index contributed by atoms with van der Waals surface area (Å²) in [5, 5.41) is 3.51. The molecule has 1 aliphatic heterocycles. The molecule has 1 aromatic rings. The van der Waals surface area contributed by atoms with Crippen LogP contribution in [0.1, 0.15) is 55.8 Å². The average Bonchev–Trinajstić information content (AvgIpc) is 2.43. The molecule has 1 fully saturated rings. The van der Waals surface area contributed by atoms with Crippen molar-refractivity contribution in [1.82, 2.24) is 10.2 Å². The molecule has 1 aliphatic rings. The lowest BCUT2D eigenvalue weighted by atomic mass is 9.91. The first-order valence-corrected chi connectivity index (χ1v) is 8.50. The van der Waals surface area contributed by atoms with Crippen molar-refractivity contribution in [2.24, 2.45) is 5.92 Å². The Hall–Kier alpha value is -0.860. The van der Waals surface area contributed by atoms with E-state index < -0.39 is 0 Å². The van der Waals surface area contributed by atoms with Crippen molar-refractivity contribution < 1.29 is 0 Å². The molecule has 118 valence electrons. The predicted molar refractivity (Wildman–Crippen MR) is 91.8 cm³/mol. The normalized spacial score (nSPS) is 25.0. The Morgan fingerprint density at radius 1 is 1.19 bits per heavy atom. The monoisotopic (exact) mass is 288 g/mol. The van der Waals surface area contributed by atoms with Gasteiger partial charge in [-0.3, -0.25) is 0 Å². The van der Waals surface area contributed by atoms with Crippen LogP contribution in [0.2, 0.25) is 0 Å². The fraction of sp³-hybridized carbons (Fsp3) is 0.684. The first kappa shape index (κ1) is 16.5. The summed E-state index contributed by atoms with van der Waals surface area (Å²) in [5.41, 5.74) is 4.17. The summed E-state index contributed by atoms with van der Waals surface area (Å²) in [6.45, 7) is 11.7. The molecular weight excluding hydrogens is 256 g/mol. The number of rotatable bonds is 5. The molecule has 2 nitrogen and oxygen atoms in total. The van der Waals surface area contributed by atoms with Crippen LogP contribution in [-0.4, -0.2) is 31.1 Å². The molecule has 0 spiro atoms. The summed E-state index contributed by atoms with van der Waals surface area (Å²) in [4.78, 5) is 2.68. The highest BCUT2D eigenvalue weighted by Gasteiger charge is 2.25. The highest BCUT2D eigenvalue weighted by molar-refractivity contribution is 5.30. The van der Waals surface area contributed by atoms with Crippen LogP contribution in [0.3, 0.4) is 0 Å². The lowest BCUT2D eigenvalue weighted by molar-refractivity contribution is 0.109. The quantitative estimate of drug-likeness (QED) is 0.878. The molecule has 3 unspecified atom stereocenters. The Bertz CT molecular complexity index is 435. The Kier molecular flexibility index (Phi) is 5.83. The number of hydrogen-bond acceptors (Lipinski definition) is 2. The van der Waals surface area contributed by atoms with Crippen molar-refractivity contribution in [3.8, 4) is 0 Å². The van der Waals surface area contributed by atoms with Gasteiger partial charge < -0.3 is 10.2 Å². The smallest absolute Gasteiger partial charge is 0.0329 e. The molecule has 0 saturated carbocycles. The van der Waals surface area contributed by atoms with E-state index in [0.29, 0.717) is 6.04 Å². The Morgan fingerprint density at radius 2 is 1.86 bits per heavy atom. The minimum Gasteiger partial charge on any atom is -0.313 e. The molecule has 0 radical (unpaired) electrons. The van der Waals surface area contributed by atoms with Gasteiger partial charge in [0.25, 0.3) is 0 Å². The highest BCUT2D eigenvalue weighted by Crippen LogP contribution is 2.25. The fourth-order valence-electron chi connectivity index (χ4n) is 3.72. The zero-order valence-electron chi connectivity index (χ0n) is 14.4. The van der Waals surface area contributed by atoms with E-state index in [-0.39, 0.29) is 0 Å². The van der Waals surface area contributed by atoms with Gasteiger partial charge in [0.15, 0.2) is 0 Å². The minimum absolute atomic E-state index is 0.466. The summed E-state index contributed by atoms with van der Waals surface area (Å²) in [6.07, 6.45) is 3.94. The number of nitrogens with one attached hydrogen (secondary N) is 1. The second-order valence-corrected chi connectivity index (χ2v) is 6.95. The molecule has 0 aromatic heterocycles. The third-order valence-electron chi connectivity index (χ3n) is 5.20. The lowest BCUT2D eigenvalue weighted by Gasteiger charge is -2.38. The van der Waals surface area contributed by atoms with Crippen LogP contribution in [-0.2, 0) is 0 Å². The second-order valence-electron chi connectivity index (χ2n) is 6.95. The van der Waals surface area contributed by atoms with Gasteiger partial charge in [0.05, 0.1) is 0 Å². The molecule has 1 N–H and O–H groups in total. The van der Waals surface area contributed by atoms with Crippen LogP contribution < -0.4 is 5.32 Å². The van der Waals surface area contributed by atoms with Crippen LogP contribution in [0.25, 0.3) is 0 Å². The van der Waals surface area contributed by atoms with E-state index in [1.807, 2.05) is 0 Å². The largest absolute Gasteiger partial charge is 0.313 e. The lowest BCUT2D eigenvalue weighted by Crippen LogP contribution is -2.43. The summed E-state index contributed by atoms with van der Waals surface area (Å²) < 4.78 is 0. The molecule has 3 atom stereocenters. The number of benzene rings is 1. The maximum atomic E-state index is 3.51. The second kappa shape index (κ2) is 7.42. The van der Waals surface area contributed by atoms with Crippen LogP contribution in [0.15, 0.2) is 18.2 Å². The van der Waals surface area contributed by atoms with Gasteiger partial charge in [-0.25, -0.2) is 0 Å². The Morgan fingerprint density at radius 3 is 2.48 bits per heavy atom. The van der Waals surface area contributed by atoms with Gasteiger partial charge in [0, 0.05) is 18.6 Å². The maximum Gasteiger partial charge on any atom is 0.0329 e. The van der Waals surface area contributed by atoms with E-state index in [2.05, 4.69) is 63.2 Å². The zero-order chi connectivity index (χ0) is 15.4. The van der Waals surface area contributed by atoms with Crippen molar-refractivity contribution in [1.29, 1.82) is 0 Å². The summed E-state index contributed by atoms with van der Waals surface area (Å²) in [5.74, 6) is 0.841. The SMILES string of the molecule is CNC(CCN1CCCC(C)C1C)c1cc(C)cc(C)c1. The van der Waals surface area contributed by atoms with Crippen molar-refractivity contribution in [3.05, 3.63) is 34.9 Å². The number of likely N-dealkylation sites (tertiary alicyclic amines) is 1. The molecular formula is C19H32N2. The zero-order valence-corrected chi connectivity index (χ0v) is 14.4. The molecule has 0 amide bonds. The number of aryl methyl sites for hydroxylation is 2. The predicted octanol–water partition coefficient (Wildman–Crippen LogP) is 4.07. The van der Waals surface area contributed by atoms with E-state index in [1.165, 1.54) is 49.0 Å². The van der Waals surface area contributed by atoms with Crippen LogP contribution in [0.4, 0.5) is 0 Å².